The van der Waals surface area contributed by atoms with Crippen molar-refractivity contribution >= 4 is 5.82 Å². The molecule has 1 aliphatic heterocycles. The van der Waals surface area contributed by atoms with Crippen molar-refractivity contribution in [2.24, 2.45) is 7.05 Å². The van der Waals surface area contributed by atoms with Gasteiger partial charge in [-0.3, -0.25) is 4.79 Å². The molecule has 1 aromatic carbocycles. The summed E-state index contributed by atoms with van der Waals surface area (Å²) in [6, 6.07) is 9.79. The first-order chi connectivity index (χ1) is 12.6. The standard InChI is InChI=1S/C21H28N4O/c1-15-6-3-4-8-19(15)16-12-18(13-16)23-17-7-5-10-25(14-17)20-21(26)24(2)11-9-22-20/h3-4,6,8-9,11,16-18,23H,5,7,10,12-14H2,1-2H3/t16?,17-,18?/m1/s1. The van der Waals surface area contributed by atoms with Crippen LogP contribution < -0.4 is 15.8 Å². The van der Waals surface area contributed by atoms with Gasteiger partial charge in [0.05, 0.1) is 0 Å². The summed E-state index contributed by atoms with van der Waals surface area (Å²) in [4.78, 5) is 18.8. The highest BCUT2D eigenvalue weighted by Gasteiger charge is 2.33. The van der Waals surface area contributed by atoms with Crippen molar-refractivity contribution < 1.29 is 0 Å². The van der Waals surface area contributed by atoms with Gasteiger partial charge in [0.2, 0.25) is 0 Å². The number of nitrogens with zero attached hydrogens (tertiary/aromatic N) is 3. The van der Waals surface area contributed by atoms with E-state index in [1.54, 1.807) is 24.0 Å². The van der Waals surface area contributed by atoms with E-state index in [-0.39, 0.29) is 5.56 Å². The van der Waals surface area contributed by atoms with Crippen LogP contribution in [0.15, 0.2) is 41.5 Å². The first-order valence-electron chi connectivity index (χ1n) is 9.70. The van der Waals surface area contributed by atoms with Crippen molar-refractivity contribution in [1.29, 1.82) is 0 Å². The number of piperidine rings is 1. The van der Waals surface area contributed by atoms with E-state index < -0.39 is 0 Å². The van der Waals surface area contributed by atoms with Gasteiger partial charge in [0.15, 0.2) is 5.82 Å². The Balaban J connectivity index is 1.34. The molecule has 2 aliphatic rings. The third-order valence-electron chi connectivity index (χ3n) is 5.96. The molecule has 0 amide bonds. The molecule has 0 unspecified atom stereocenters. The molecule has 1 atom stereocenters. The molecule has 2 fully saturated rings. The third kappa shape index (κ3) is 3.40. The van der Waals surface area contributed by atoms with Crippen LogP contribution in [0.4, 0.5) is 5.82 Å². The van der Waals surface area contributed by atoms with Gasteiger partial charge in [-0.1, -0.05) is 24.3 Å². The van der Waals surface area contributed by atoms with E-state index in [9.17, 15) is 4.79 Å². The predicted octanol–water partition coefficient (Wildman–Crippen LogP) is 2.59. The zero-order valence-corrected chi connectivity index (χ0v) is 15.7. The minimum Gasteiger partial charge on any atom is -0.350 e. The van der Waals surface area contributed by atoms with Crippen molar-refractivity contribution in [3.63, 3.8) is 0 Å². The molecule has 1 saturated carbocycles. The Hall–Kier alpha value is -2.14. The lowest BCUT2D eigenvalue weighted by Crippen LogP contribution is -2.53. The van der Waals surface area contributed by atoms with Gasteiger partial charge >= 0.3 is 0 Å². The van der Waals surface area contributed by atoms with Crippen LogP contribution in [0.3, 0.4) is 0 Å². The Kier molecular flexibility index (Phi) is 4.81. The van der Waals surface area contributed by atoms with E-state index in [0.29, 0.717) is 23.8 Å². The summed E-state index contributed by atoms with van der Waals surface area (Å²) < 4.78 is 1.61. The smallest absolute Gasteiger partial charge is 0.293 e. The Morgan fingerprint density at radius 1 is 1.19 bits per heavy atom. The SMILES string of the molecule is Cc1ccccc1C1CC(N[C@@H]2CCCN(c3nccn(C)c3=O)C2)C1. The molecule has 1 N–H and O–H groups in total. The Bertz CT molecular complexity index is 825. The van der Waals surface area contributed by atoms with Crippen LogP contribution in [0.5, 0.6) is 0 Å². The number of aromatic nitrogens is 2. The van der Waals surface area contributed by atoms with Crippen molar-refractivity contribution in [3.05, 3.63) is 58.1 Å². The van der Waals surface area contributed by atoms with Gasteiger partial charge in [-0.25, -0.2) is 4.98 Å². The maximum absolute atomic E-state index is 12.3. The second-order valence-corrected chi connectivity index (χ2v) is 7.84. The normalized spacial score (nSPS) is 25.8. The summed E-state index contributed by atoms with van der Waals surface area (Å²) >= 11 is 0. The van der Waals surface area contributed by atoms with Crippen molar-refractivity contribution in [2.45, 2.75) is 50.6 Å². The molecule has 5 nitrogen and oxygen atoms in total. The van der Waals surface area contributed by atoms with E-state index in [0.717, 1.165) is 19.5 Å². The van der Waals surface area contributed by atoms with Gasteiger partial charge in [0.25, 0.3) is 5.56 Å². The van der Waals surface area contributed by atoms with Gasteiger partial charge < -0.3 is 14.8 Å². The summed E-state index contributed by atoms with van der Waals surface area (Å²) in [6.45, 7) is 4.00. The Morgan fingerprint density at radius 3 is 2.81 bits per heavy atom. The summed E-state index contributed by atoms with van der Waals surface area (Å²) in [6.07, 6.45) is 8.14. The minimum absolute atomic E-state index is 0.00332. The number of nitrogens with one attached hydrogen (secondary N) is 1. The lowest BCUT2D eigenvalue weighted by Gasteiger charge is -2.42. The maximum atomic E-state index is 12.3. The van der Waals surface area contributed by atoms with Crippen molar-refractivity contribution in [2.75, 3.05) is 18.0 Å². The second kappa shape index (κ2) is 7.23. The molecule has 4 rings (SSSR count). The molecule has 0 radical (unpaired) electrons. The topological polar surface area (TPSA) is 50.2 Å². The molecule has 1 aromatic heterocycles. The molecule has 2 aromatic rings. The van der Waals surface area contributed by atoms with Crippen LogP contribution in [-0.2, 0) is 7.05 Å². The molecule has 1 aliphatic carbocycles. The summed E-state index contributed by atoms with van der Waals surface area (Å²) in [7, 11) is 1.78. The van der Waals surface area contributed by atoms with Crippen molar-refractivity contribution in [1.82, 2.24) is 14.9 Å². The van der Waals surface area contributed by atoms with Crippen LogP contribution in [0.25, 0.3) is 0 Å². The van der Waals surface area contributed by atoms with Crippen molar-refractivity contribution in [3.8, 4) is 0 Å². The highest BCUT2D eigenvalue weighted by Crippen LogP contribution is 2.38. The van der Waals surface area contributed by atoms with Crippen LogP contribution >= 0.6 is 0 Å². The molecule has 5 heteroatoms. The number of benzene rings is 1. The molecule has 2 heterocycles. The molecule has 26 heavy (non-hydrogen) atoms. The molecule has 0 bridgehead atoms. The number of hydrogen-bond acceptors (Lipinski definition) is 4. The minimum atomic E-state index is -0.00332. The Morgan fingerprint density at radius 2 is 2.00 bits per heavy atom. The lowest BCUT2D eigenvalue weighted by molar-refractivity contribution is 0.250. The fourth-order valence-corrected chi connectivity index (χ4v) is 4.39. The summed E-state index contributed by atoms with van der Waals surface area (Å²) in [5.41, 5.74) is 2.91. The fourth-order valence-electron chi connectivity index (χ4n) is 4.39. The highest BCUT2D eigenvalue weighted by atomic mass is 16.1. The van der Waals surface area contributed by atoms with Crippen LogP contribution in [-0.4, -0.2) is 34.7 Å². The highest BCUT2D eigenvalue weighted by molar-refractivity contribution is 5.37. The number of rotatable bonds is 4. The quantitative estimate of drug-likeness (QED) is 0.919. The van der Waals surface area contributed by atoms with Crippen LogP contribution in [0, 0.1) is 6.92 Å². The summed E-state index contributed by atoms with van der Waals surface area (Å²) in [5, 5.41) is 3.83. The fraction of sp³-hybridized carbons (Fsp3) is 0.524. The van der Waals surface area contributed by atoms with Gasteiger partial charge in [0.1, 0.15) is 0 Å². The molecule has 138 valence electrons. The van der Waals surface area contributed by atoms with E-state index in [4.69, 9.17) is 0 Å². The monoisotopic (exact) mass is 352 g/mol. The van der Waals surface area contributed by atoms with E-state index >= 15 is 0 Å². The largest absolute Gasteiger partial charge is 0.350 e. The summed E-state index contributed by atoms with van der Waals surface area (Å²) in [5.74, 6) is 1.28. The molecular weight excluding hydrogens is 324 g/mol. The molecule has 0 spiro atoms. The number of anilines is 1. The van der Waals surface area contributed by atoms with E-state index in [1.807, 2.05) is 0 Å². The number of hydrogen-bond donors (Lipinski definition) is 1. The average molecular weight is 352 g/mol. The first kappa shape index (κ1) is 17.3. The second-order valence-electron chi connectivity index (χ2n) is 7.84. The lowest BCUT2D eigenvalue weighted by atomic mass is 9.74. The number of aryl methyl sites for hydroxylation is 2. The van der Waals surface area contributed by atoms with Gasteiger partial charge in [-0.05, 0) is 49.7 Å². The average Bonchev–Trinajstić information content (AvgIpc) is 2.61. The van der Waals surface area contributed by atoms with Gasteiger partial charge in [0, 0.05) is 44.6 Å². The van der Waals surface area contributed by atoms with E-state index in [2.05, 4.69) is 46.4 Å². The van der Waals surface area contributed by atoms with Gasteiger partial charge in [-0.2, -0.15) is 0 Å². The Labute approximate surface area is 155 Å². The zero-order chi connectivity index (χ0) is 18.1. The first-order valence-corrected chi connectivity index (χ1v) is 9.70. The molecular formula is C21H28N4O. The van der Waals surface area contributed by atoms with Crippen LogP contribution in [0.2, 0.25) is 0 Å². The molecule has 1 saturated heterocycles. The van der Waals surface area contributed by atoms with E-state index in [1.165, 1.54) is 30.4 Å². The van der Waals surface area contributed by atoms with Gasteiger partial charge in [-0.15, -0.1) is 0 Å². The zero-order valence-electron chi connectivity index (χ0n) is 15.7. The predicted molar refractivity (Wildman–Crippen MR) is 105 cm³/mol. The van der Waals surface area contributed by atoms with Crippen LogP contribution in [0.1, 0.15) is 42.7 Å². The maximum Gasteiger partial charge on any atom is 0.293 e. The third-order valence-corrected chi connectivity index (χ3v) is 5.96.